The highest BCUT2D eigenvalue weighted by atomic mass is 35.5. The number of amidine groups is 1. The molecule has 4 rings (SSSR count). The van der Waals surface area contributed by atoms with Gasteiger partial charge in [-0.05, 0) is 43.2 Å². The van der Waals surface area contributed by atoms with Gasteiger partial charge in [0.1, 0.15) is 5.25 Å². The molecule has 1 unspecified atom stereocenters. The van der Waals surface area contributed by atoms with Crippen LogP contribution in [-0.4, -0.2) is 47.4 Å². The minimum Gasteiger partial charge on any atom is -0.493 e. The zero-order valence-corrected chi connectivity index (χ0v) is 19.8. The number of benzene rings is 2. The number of thioether (sulfide) groups is 1. The Morgan fingerprint density at radius 1 is 1.12 bits per heavy atom. The first-order valence-corrected chi connectivity index (χ1v) is 11.6. The summed E-state index contributed by atoms with van der Waals surface area (Å²) in [4.78, 5) is 32.0. The minimum absolute atomic E-state index is 0.0292. The van der Waals surface area contributed by atoms with Gasteiger partial charge in [-0.3, -0.25) is 14.5 Å². The predicted octanol–water partition coefficient (Wildman–Crippen LogP) is 5.13. The Hall–Kier alpha value is -2.42. The summed E-state index contributed by atoms with van der Waals surface area (Å²) in [7, 11) is 3.07. The van der Waals surface area contributed by atoms with E-state index >= 15 is 0 Å². The number of rotatable bonds is 7. The van der Waals surface area contributed by atoms with Gasteiger partial charge in [0.15, 0.2) is 16.7 Å². The molecule has 7 nitrogen and oxygen atoms in total. The summed E-state index contributed by atoms with van der Waals surface area (Å²) in [5.41, 5.74) is 1.17. The first-order chi connectivity index (χ1) is 15.4. The van der Waals surface area contributed by atoms with E-state index in [4.69, 9.17) is 32.7 Å². The van der Waals surface area contributed by atoms with Crippen molar-refractivity contribution in [1.82, 2.24) is 4.90 Å². The molecule has 0 radical (unpaired) electrons. The van der Waals surface area contributed by atoms with Gasteiger partial charge in [0.2, 0.25) is 11.8 Å². The average Bonchev–Trinajstić information content (AvgIpc) is 3.56. The fraction of sp³-hybridized carbons (Fsp3) is 0.318. The van der Waals surface area contributed by atoms with Gasteiger partial charge in [0.05, 0.1) is 30.0 Å². The van der Waals surface area contributed by atoms with Crippen LogP contribution >= 0.6 is 35.0 Å². The third-order valence-corrected chi connectivity index (χ3v) is 6.94. The molecule has 0 spiro atoms. The normalized spacial score (nSPS) is 19.4. The molecule has 32 heavy (non-hydrogen) atoms. The summed E-state index contributed by atoms with van der Waals surface area (Å²) >= 11 is 13.4. The molecule has 2 aromatic rings. The standard InChI is InChI=1S/C22H21Cl2N3O4S/c1-30-17-8-4-13(10-18(17)31-2)25-20(28)11-19-21(29)27(14-5-6-14)22(32-19)26-12-3-7-15(23)16(24)9-12/h3-4,7-10,14,19H,5-6,11H2,1-2H3,(H,25,28). The summed E-state index contributed by atoms with van der Waals surface area (Å²) in [6, 6.07) is 10.3. The number of hydrogen-bond donors (Lipinski definition) is 1. The average molecular weight is 494 g/mol. The molecule has 2 aliphatic rings. The quantitative estimate of drug-likeness (QED) is 0.577. The fourth-order valence-corrected chi connectivity index (χ4v) is 4.83. The van der Waals surface area contributed by atoms with Crippen molar-refractivity contribution in [3.05, 3.63) is 46.4 Å². The predicted molar refractivity (Wildman–Crippen MR) is 128 cm³/mol. The lowest BCUT2D eigenvalue weighted by molar-refractivity contribution is -0.128. The lowest BCUT2D eigenvalue weighted by Gasteiger charge is -2.15. The number of amides is 2. The van der Waals surface area contributed by atoms with Crippen molar-refractivity contribution < 1.29 is 19.1 Å². The van der Waals surface area contributed by atoms with Crippen molar-refractivity contribution in [2.24, 2.45) is 4.99 Å². The number of methoxy groups -OCH3 is 2. The molecule has 2 amide bonds. The molecule has 0 aromatic heterocycles. The first-order valence-electron chi connectivity index (χ1n) is 9.95. The second-order valence-corrected chi connectivity index (χ2v) is 9.35. The third kappa shape index (κ3) is 4.98. The molecule has 1 N–H and O–H groups in total. The van der Waals surface area contributed by atoms with E-state index in [9.17, 15) is 9.59 Å². The Morgan fingerprint density at radius 2 is 1.88 bits per heavy atom. The molecule has 1 saturated carbocycles. The van der Waals surface area contributed by atoms with E-state index in [-0.39, 0.29) is 24.3 Å². The Kier molecular flexibility index (Phi) is 6.83. The van der Waals surface area contributed by atoms with Gasteiger partial charge in [-0.25, -0.2) is 4.99 Å². The van der Waals surface area contributed by atoms with Gasteiger partial charge in [-0.1, -0.05) is 35.0 Å². The van der Waals surface area contributed by atoms with Crippen molar-refractivity contribution in [1.29, 1.82) is 0 Å². The molecule has 1 saturated heterocycles. The third-order valence-electron chi connectivity index (χ3n) is 5.04. The monoisotopic (exact) mass is 493 g/mol. The zero-order chi connectivity index (χ0) is 22.8. The van der Waals surface area contributed by atoms with Gasteiger partial charge in [-0.15, -0.1) is 0 Å². The fourth-order valence-electron chi connectivity index (χ4n) is 3.32. The smallest absolute Gasteiger partial charge is 0.242 e. The van der Waals surface area contributed by atoms with E-state index in [2.05, 4.69) is 10.3 Å². The largest absolute Gasteiger partial charge is 0.493 e. The number of nitrogens with one attached hydrogen (secondary N) is 1. The maximum absolute atomic E-state index is 13.0. The Labute approximate surface area is 200 Å². The van der Waals surface area contributed by atoms with E-state index in [1.807, 2.05) is 0 Å². The van der Waals surface area contributed by atoms with Crippen molar-refractivity contribution in [2.75, 3.05) is 19.5 Å². The van der Waals surface area contributed by atoms with E-state index in [0.29, 0.717) is 38.1 Å². The van der Waals surface area contributed by atoms with Gasteiger partial charge in [0, 0.05) is 24.2 Å². The van der Waals surface area contributed by atoms with Gasteiger partial charge >= 0.3 is 0 Å². The highest BCUT2D eigenvalue weighted by Gasteiger charge is 2.46. The number of ether oxygens (including phenoxy) is 2. The Morgan fingerprint density at radius 3 is 2.53 bits per heavy atom. The van der Waals surface area contributed by atoms with Crippen LogP contribution in [0.4, 0.5) is 11.4 Å². The highest BCUT2D eigenvalue weighted by Crippen LogP contribution is 2.40. The topological polar surface area (TPSA) is 80.2 Å². The number of anilines is 1. The van der Waals surface area contributed by atoms with E-state index in [0.717, 1.165) is 12.8 Å². The molecule has 0 bridgehead atoms. The maximum atomic E-state index is 13.0. The van der Waals surface area contributed by atoms with Crippen LogP contribution in [-0.2, 0) is 9.59 Å². The number of halogens is 2. The first kappa shape index (κ1) is 22.8. The second-order valence-electron chi connectivity index (χ2n) is 7.36. The zero-order valence-electron chi connectivity index (χ0n) is 17.4. The van der Waals surface area contributed by atoms with Crippen molar-refractivity contribution >= 4 is 63.3 Å². The molecule has 2 aromatic carbocycles. The van der Waals surface area contributed by atoms with Gasteiger partial charge in [-0.2, -0.15) is 0 Å². The lowest BCUT2D eigenvalue weighted by Crippen LogP contribution is -2.35. The Balaban J connectivity index is 1.48. The molecular formula is C22H21Cl2N3O4S. The summed E-state index contributed by atoms with van der Waals surface area (Å²) in [5.74, 6) is 0.705. The van der Waals surface area contributed by atoms with Crippen LogP contribution in [0.1, 0.15) is 19.3 Å². The summed E-state index contributed by atoms with van der Waals surface area (Å²) in [5, 5.41) is 3.70. The molecule has 1 aliphatic heterocycles. The number of carbonyl (C=O) groups is 2. The van der Waals surface area contributed by atoms with Crippen molar-refractivity contribution in [3.63, 3.8) is 0 Å². The minimum atomic E-state index is -0.544. The van der Waals surface area contributed by atoms with Crippen LogP contribution in [0.15, 0.2) is 41.4 Å². The van der Waals surface area contributed by atoms with Gasteiger partial charge in [0.25, 0.3) is 0 Å². The molecule has 1 atom stereocenters. The van der Waals surface area contributed by atoms with Crippen LogP contribution in [0.3, 0.4) is 0 Å². The molecule has 168 valence electrons. The van der Waals surface area contributed by atoms with Crippen LogP contribution in [0, 0.1) is 0 Å². The number of carbonyl (C=O) groups excluding carboxylic acids is 2. The number of nitrogens with zero attached hydrogens (tertiary/aromatic N) is 2. The summed E-state index contributed by atoms with van der Waals surface area (Å²) < 4.78 is 10.5. The molecule has 1 aliphatic carbocycles. The van der Waals surface area contributed by atoms with Crippen LogP contribution in [0.5, 0.6) is 11.5 Å². The molecule has 1 heterocycles. The summed E-state index contributed by atoms with van der Waals surface area (Å²) in [6.45, 7) is 0. The van der Waals surface area contributed by atoms with Crippen molar-refractivity contribution in [2.45, 2.75) is 30.6 Å². The highest BCUT2D eigenvalue weighted by molar-refractivity contribution is 8.15. The van der Waals surface area contributed by atoms with Crippen LogP contribution in [0.25, 0.3) is 0 Å². The molecule has 2 fully saturated rings. The van der Waals surface area contributed by atoms with Crippen LogP contribution < -0.4 is 14.8 Å². The van der Waals surface area contributed by atoms with Gasteiger partial charge < -0.3 is 14.8 Å². The van der Waals surface area contributed by atoms with E-state index < -0.39 is 5.25 Å². The molecule has 10 heteroatoms. The second kappa shape index (κ2) is 9.60. The van der Waals surface area contributed by atoms with E-state index in [1.54, 1.807) is 48.4 Å². The Bertz CT molecular complexity index is 1090. The number of aliphatic imine (C=N–C) groups is 1. The van der Waals surface area contributed by atoms with E-state index in [1.165, 1.54) is 18.9 Å². The molecular weight excluding hydrogens is 473 g/mol. The number of hydrogen-bond acceptors (Lipinski definition) is 6. The van der Waals surface area contributed by atoms with Crippen LogP contribution in [0.2, 0.25) is 10.0 Å². The summed E-state index contributed by atoms with van der Waals surface area (Å²) in [6.07, 6.45) is 1.88. The maximum Gasteiger partial charge on any atom is 0.242 e. The SMILES string of the molecule is COc1ccc(NC(=O)CC2SC(=Nc3ccc(Cl)c(Cl)c3)N(C3CC3)C2=O)cc1OC. The van der Waals surface area contributed by atoms with Crippen molar-refractivity contribution in [3.8, 4) is 11.5 Å². The lowest BCUT2D eigenvalue weighted by atomic mass is 10.2.